The molecule has 0 aliphatic rings. The van der Waals surface area contributed by atoms with E-state index in [9.17, 15) is 17.6 Å². The van der Waals surface area contributed by atoms with E-state index in [1.54, 1.807) is 24.3 Å². The third-order valence-corrected chi connectivity index (χ3v) is 2.28. The average molecular weight is 275 g/mol. The van der Waals surface area contributed by atoms with E-state index >= 15 is 0 Å². The quantitative estimate of drug-likeness (QED) is 0.871. The first-order valence-electron chi connectivity index (χ1n) is 5.21. The number of nitrogen functional groups attached to an aromatic ring is 1. The van der Waals surface area contributed by atoms with Crippen LogP contribution in [0.5, 0.6) is 5.88 Å². The van der Waals surface area contributed by atoms with Crippen LogP contribution in [0.2, 0.25) is 0 Å². The molecule has 0 radical (unpaired) electrons. The van der Waals surface area contributed by atoms with Crippen molar-refractivity contribution in [1.29, 1.82) is 0 Å². The first kappa shape index (κ1) is 13.3. The van der Waals surface area contributed by atoms with Crippen molar-refractivity contribution < 1.29 is 22.3 Å². The zero-order valence-electron chi connectivity index (χ0n) is 9.49. The fourth-order valence-corrected chi connectivity index (χ4v) is 1.33. The Kier molecular flexibility index (Phi) is 3.41. The van der Waals surface area contributed by atoms with Crippen LogP contribution in [0, 0.1) is 0 Å². The van der Waals surface area contributed by atoms with Crippen LogP contribution < -0.4 is 10.5 Å². The molecule has 0 aliphatic heterocycles. The molecule has 8 heteroatoms. The molecule has 0 unspecified atom stereocenters. The van der Waals surface area contributed by atoms with Gasteiger partial charge < -0.3 is 10.5 Å². The van der Waals surface area contributed by atoms with E-state index < -0.39 is 19.0 Å². The highest BCUT2D eigenvalue weighted by Crippen LogP contribution is 2.26. The van der Waals surface area contributed by atoms with E-state index in [1.807, 2.05) is 0 Å². The van der Waals surface area contributed by atoms with Crippen LogP contribution in [0.1, 0.15) is 0 Å². The summed E-state index contributed by atoms with van der Waals surface area (Å²) in [6, 6.07) is 6.54. The van der Waals surface area contributed by atoms with Gasteiger partial charge in [-0.2, -0.15) is 8.78 Å². The zero-order chi connectivity index (χ0) is 14.0. The second kappa shape index (κ2) is 4.87. The number of para-hydroxylation sites is 2. The van der Waals surface area contributed by atoms with E-state index in [4.69, 9.17) is 5.73 Å². The van der Waals surface area contributed by atoms with Crippen molar-refractivity contribution in [3.63, 3.8) is 0 Å². The second-order valence-corrected chi connectivity index (χ2v) is 3.75. The SMILES string of the molecule is Nc1nc2ccccc2nc1OCC(F)(F)C(F)F. The van der Waals surface area contributed by atoms with Crippen molar-refractivity contribution in [3.8, 4) is 5.88 Å². The lowest BCUT2D eigenvalue weighted by molar-refractivity contribution is -0.148. The normalized spacial score (nSPS) is 12.1. The molecule has 2 rings (SSSR count). The summed E-state index contributed by atoms with van der Waals surface area (Å²) in [6.45, 7) is -1.51. The number of hydrogen-bond acceptors (Lipinski definition) is 4. The third kappa shape index (κ3) is 2.83. The molecule has 102 valence electrons. The number of halogens is 4. The lowest BCUT2D eigenvalue weighted by Gasteiger charge is -2.16. The largest absolute Gasteiger partial charge is 0.468 e. The Hall–Kier alpha value is -2.12. The van der Waals surface area contributed by atoms with Gasteiger partial charge in [0.2, 0.25) is 0 Å². The molecule has 0 fully saturated rings. The van der Waals surface area contributed by atoms with Gasteiger partial charge in [0, 0.05) is 0 Å². The van der Waals surface area contributed by atoms with Crippen LogP contribution in [0.25, 0.3) is 11.0 Å². The number of nitrogens with two attached hydrogens (primary N) is 1. The number of ether oxygens (including phenoxy) is 1. The van der Waals surface area contributed by atoms with Crippen LogP contribution in [0.3, 0.4) is 0 Å². The van der Waals surface area contributed by atoms with E-state index in [1.165, 1.54) is 0 Å². The van der Waals surface area contributed by atoms with Crippen LogP contribution in [0.4, 0.5) is 23.4 Å². The highest BCUT2D eigenvalue weighted by Gasteiger charge is 2.42. The first-order valence-corrected chi connectivity index (χ1v) is 5.21. The van der Waals surface area contributed by atoms with Gasteiger partial charge in [-0.1, -0.05) is 12.1 Å². The molecule has 2 aromatic rings. The molecule has 0 bridgehead atoms. The monoisotopic (exact) mass is 275 g/mol. The van der Waals surface area contributed by atoms with Gasteiger partial charge in [0.05, 0.1) is 11.0 Å². The molecular formula is C11H9F4N3O. The minimum atomic E-state index is -4.26. The number of anilines is 1. The number of nitrogens with zero attached hydrogens (tertiary/aromatic N) is 2. The van der Waals surface area contributed by atoms with E-state index in [0.29, 0.717) is 11.0 Å². The van der Waals surface area contributed by atoms with Gasteiger partial charge in [0.1, 0.15) is 0 Å². The second-order valence-electron chi connectivity index (χ2n) is 3.75. The van der Waals surface area contributed by atoms with Crippen molar-refractivity contribution in [3.05, 3.63) is 24.3 Å². The molecule has 19 heavy (non-hydrogen) atoms. The Morgan fingerprint density at radius 3 is 2.32 bits per heavy atom. The summed E-state index contributed by atoms with van der Waals surface area (Å²) < 4.78 is 53.9. The maximum absolute atomic E-state index is 12.7. The standard InChI is InChI=1S/C11H9F4N3O/c12-10(13)11(14,15)5-19-9-8(16)17-6-3-1-2-4-7(6)18-9/h1-4,10H,5H2,(H2,16,17). The van der Waals surface area contributed by atoms with Crippen molar-refractivity contribution in [2.75, 3.05) is 12.3 Å². The predicted molar refractivity (Wildman–Crippen MR) is 60.4 cm³/mol. The number of aromatic nitrogens is 2. The Morgan fingerprint density at radius 1 is 1.16 bits per heavy atom. The van der Waals surface area contributed by atoms with Crippen LogP contribution in [0.15, 0.2) is 24.3 Å². The summed E-state index contributed by atoms with van der Waals surface area (Å²) in [6.07, 6.45) is -3.82. The van der Waals surface area contributed by atoms with Gasteiger partial charge in [0.15, 0.2) is 12.4 Å². The Bertz CT molecular complexity index is 591. The predicted octanol–water partition coefficient (Wildman–Crippen LogP) is 2.49. The van der Waals surface area contributed by atoms with E-state index in [-0.39, 0.29) is 11.7 Å². The van der Waals surface area contributed by atoms with Crippen molar-refractivity contribution in [2.24, 2.45) is 0 Å². The van der Waals surface area contributed by atoms with Crippen molar-refractivity contribution >= 4 is 16.9 Å². The molecular weight excluding hydrogens is 266 g/mol. The Morgan fingerprint density at radius 2 is 1.74 bits per heavy atom. The molecule has 4 nitrogen and oxygen atoms in total. The molecule has 0 atom stereocenters. The number of rotatable bonds is 4. The molecule has 0 saturated carbocycles. The van der Waals surface area contributed by atoms with E-state index in [2.05, 4.69) is 14.7 Å². The molecule has 0 spiro atoms. The summed E-state index contributed by atoms with van der Waals surface area (Å²) in [5.74, 6) is -4.89. The summed E-state index contributed by atoms with van der Waals surface area (Å²) in [5, 5.41) is 0. The number of hydrogen-bond donors (Lipinski definition) is 1. The molecule has 1 heterocycles. The fourth-order valence-electron chi connectivity index (χ4n) is 1.33. The third-order valence-electron chi connectivity index (χ3n) is 2.28. The minimum absolute atomic E-state index is 0.233. The van der Waals surface area contributed by atoms with Gasteiger partial charge in [-0.3, -0.25) is 0 Å². The Labute approximate surface area is 105 Å². The number of fused-ring (bicyclic) bond motifs is 1. The summed E-state index contributed by atoms with van der Waals surface area (Å²) in [7, 11) is 0. The van der Waals surface area contributed by atoms with Crippen LogP contribution in [-0.4, -0.2) is 28.9 Å². The molecule has 0 saturated heterocycles. The maximum Gasteiger partial charge on any atom is 0.340 e. The van der Waals surface area contributed by atoms with Gasteiger partial charge in [-0.25, -0.2) is 18.7 Å². The minimum Gasteiger partial charge on any atom is -0.468 e. The van der Waals surface area contributed by atoms with Crippen molar-refractivity contribution in [1.82, 2.24) is 9.97 Å². The lowest BCUT2D eigenvalue weighted by Crippen LogP contribution is -2.34. The van der Waals surface area contributed by atoms with Crippen LogP contribution in [-0.2, 0) is 0 Å². The Balaban J connectivity index is 2.23. The van der Waals surface area contributed by atoms with E-state index in [0.717, 1.165) is 0 Å². The number of alkyl halides is 4. The maximum atomic E-state index is 12.7. The fraction of sp³-hybridized carbons (Fsp3) is 0.273. The molecule has 0 aliphatic carbocycles. The average Bonchev–Trinajstić information content (AvgIpc) is 2.36. The lowest BCUT2D eigenvalue weighted by atomic mass is 10.3. The smallest absolute Gasteiger partial charge is 0.340 e. The zero-order valence-corrected chi connectivity index (χ0v) is 9.49. The molecule has 2 N–H and O–H groups in total. The van der Waals surface area contributed by atoms with Crippen molar-refractivity contribution in [2.45, 2.75) is 12.3 Å². The highest BCUT2D eigenvalue weighted by atomic mass is 19.3. The molecule has 1 aromatic carbocycles. The van der Waals surface area contributed by atoms with Gasteiger partial charge in [-0.15, -0.1) is 0 Å². The topological polar surface area (TPSA) is 61.0 Å². The van der Waals surface area contributed by atoms with Gasteiger partial charge in [0.25, 0.3) is 5.88 Å². The highest BCUT2D eigenvalue weighted by molar-refractivity contribution is 5.76. The summed E-state index contributed by atoms with van der Waals surface area (Å²) in [4.78, 5) is 7.73. The first-order chi connectivity index (χ1) is 8.90. The summed E-state index contributed by atoms with van der Waals surface area (Å²) in [5.41, 5.74) is 6.28. The number of benzene rings is 1. The van der Waals surface area contributed by atoms with Gasteiger partial charge >= 0.3 is 12.3 Å². The summed E-state index contributed by atoms with van der Waals surface area (Å²) >= 11 is 0. The molecule has 0 amide bonds. The molecule has 1 aromatic heterocycles. The van der Waals surface area contributed by atoms with Gasteiger partial charge in [-0.05, 0) is 12.1 Å². The van der Waals surface area contributed by atoms with Crippen LogP contribution >= 0.6 is 0 Å².